The standard InChI is InChI=1S/C15H17F3N6S2.HI/c1-2-19-13(21-7-10-8-24-5-6-25-14(24)22-10)20-4-3-12-23-11(9-26-12)15(16,17)18;/h5-6,8-9H,2-4,7H2,1H3,(H2,19,20,21);1H. The van der Waals surface area contributed by atoms with Gasteiger partial charge >= 0.3 is 6.18 Å². The Bertz CT molecular complexity index is 857. The van der Waals surface area contributed by atoms with Crippen molar-refractivity contribution in [3.8, 4) is 0 Å². The number of thiazole rings is 2. The highest BCUT2D eigenvalue weighted by Crippen LogP contribution is 2.29. The molecular formula is C15H18F3IN6S2. The average Bonchev–Trinajstić information content (AvgIpc) is 3.27. The van der Waals surface area contributed by atoms with E-state index in [4.69, 9.17) is 0 Å². The zero-order chi connectivity index (χ0) is 18.6. The molecule has 3 aromatic heterocycles. The number of rotatable bonds is 6. The Labute approximate surface area is 179 Å². The molecule has 0 radical (unpaired) electrons. The third-order valence-corrected chi connectivity index (χ3v) is 5.04. The van der Waals surface area contributed by atoms with Gasteiger partial charge in [0.1, 0.15) is 0 Å². The van der Waals surface area contributed by atoms with Crippen LogP contribution in [-0.2, 0) is 19.1 Å². The molecule has 0 fully saturated rings. The Balaban J connectivity index is 0.00000261. The molecule has 3 heterocycles. The van der Waals surface area contributed by atoms with E-state index in [0.717, 1.165) is 27.4 Å². The second-order valence-corrected chi connectivity index (χ2v) is 7.14. The van der Waals surface area contributed by atoms with Crippen LogP contribution in [0.3, 0.4) is 0 Å². The van der Waals surface area contributed by atoms with Crippen LogP contribution in [0, 0.1) is 0 Å². The van der Waals surface area contributed by atoms with Crippen LogP contribution in [0.1, 0.15) is 23.3 Å². The fraction of sp³-hybridized carbons (Fsp3) is 0.400. The molecule has 0 aliphatic carbocycles. The SMILES string of the molecule is CCNC(=NCc1cn2ccsc2n1)NCCc1nc(C(F)(F)F)cs1.I. The summed E-state index contributed by atoms with van der Waals surface area (Å²) in [5.41, 5.74) is 0.0154. The Kier molecular flexibility index (Phi) is 7.85. The highest BCUT2D eigenvalue weighted by Gasteiger charge is 2.33. The van der Waals surface area contributed by atoms with Gasteiger partial charge in [-0.15, -0.1) is 46.7 Å². The first-order valence-electron chi connectivity index (χ1n) is 7.90. The zero-order valence-electron chi connectivity index (χ0n) is 14.3. The lowest BCUT2D eigenvalue weighted by atomic mass is 10.4. The second kappa shape index (κ2) is 9.68. The minimum absolute atomic E-state index is 0. The van der Waals surface area contributed by atoms with E-state index in [2.05, 4.69) is 25.6 Å². The maximum Gasteiger partial charge on any atom is 0.434 e. The third kappa shape index (κ3) is 6.04. The van der Waals surface area contributed by atoms with Crippen LogP contribution in [0.5, 0.6) is 0 Å². The fourth-order valence-corrected chi connectivity index (χ4v) is 3.72. The van der Waals surface area contributed by atoms with E-state index in [1.807, 2.05) is 29.1 Å². The van der Waals surface area contributed by atoms with Crippen molar-refractivity contribution in [3.63, 3.8) is 0 Å². The molecule has 0 unspecified atom stereocenters. The molecular weight excluding hydrogens is 512 g/mol. The minimum atomic E-state index is -4.39. The summed E-state index contributed by atoms with van der Waals surface area (Å²) in [5, 5.41) is 9.66. The first-order valence-corrected chi connectivity index (χ1v) is 9.66. The van der Waals surface area contributed by atoms with Gasteiger partial charge in [-0.1, -0.05) is 0 Å². The Morgan fingerprint density at radius 1 is 1.26 bits per heavy atom. The largest absolute Gasteiger partial charge is 0.434 e. The number of aliphatic imine (C=N–C) groups is 1. The number of nitrogens with zero attached hydrogens (tertiary/aromatic N) is 4. The summed E-state index contributed by atoms with van der Waals surface area (Å²) < 4.78 is 39.6. The van der Waals surface area contributed by atoms with Gasteiger partial charge in [0.05, 0.1) is 17.2 Å². The summed E-state index contributed by atoms with van der Waals surface area (Å²) in [4.78, 5) is 13.5. The van der Waals surface area contributed by atoms with Crippen molar-refractivity contribution < 1.29 is 13.2 Å². The molecule has 0 aliphatic heterocycles. The molecule has 0 aromatic carbocycles. The molecule has 0 bridgehead atoms. The van der Waals surface area contributed by atoms with Crippen molar-refractivity contribution in [2.24, 2.45) is 4.99 Å². The lowest BCUT2D eigenvalue weighted by molar-refractivity contribution is -0.140. The first kappa shape index (κ1) is 21.9. The number of halogens is 4. The summed E-state index contributed by atoms with van der Waals surface area (Å²) in [5.74, 6) is 0.594. The van der Waals surface area contributed by atoms with Gasteiger partial charge in [-0.05, 0) is 6.92 Å². The molecule has 148 valence electrons. The van der Waals surface area contributed by atoms with Crippen molar-refractivity contribution in [1.29, 1.82) is 0 Å². The van der Waals surface area contributed by atoms with Crippen molar-refractivity contribution in [2.45, 2.75) is 26.1 Å². The van der Waals surface area contributed by atoms with E-state index < -0.39 is 11.9 Å². The third-order valence-electron chi connectivity index (χ3n) is 3.36. The van der Waals surface area contributed by atoms with Crippen LogP contribution < -0.4 is 10.6 Å². The monoisotopic (exact) mass is 530 g/mol. The van der Waals surface area contributed by atoms with Crippen LogP contribution in [0.15, 0.2) is 28.1 Å². The molecule has 0 aliphatic rings. The molecule has 0 spiro atoms. The van der Waals surface area contributed by atoms with Crippen molar-refractivity contribution in [3.05, 3.63) is 39.5 Å². The number of alkyl halides is 3. The molecule has 2 N–H and O–H groups in total. The normalized spacial score (nSPS) is 12.2. The number of nitrogens with one attached hydrogen (secondary N) is 2. The van der Waals surface area contributed by atoms with E-state index in [1.54, 1.807) is 11.3 Å². The Morgan fingerprint density at radius 2 is 2.07 bits per heavy atom. The maximum absolute atomic E-state index is 12.6. The summed E-state index contributed by atoms with van der Waals surface area (Å²) in [7, 11) is 0. The number of guanidine groups is 1. The van der Waals surface area contributed by atoms with E-state index in [0.29, 0.717) is 37.0 Å². The smallest absolute Gasteiger partial charge is 0.357 e. The van der Waals surface area contributed by atoms with Gasteiger partial charge < -0.3 is 10.6 Å². The van der Waals surface area contributed by atoms with Gasteiger partial charge in [0, 0.05) is 42.7 Å². The number of fused-ring (bicyclic) bond motifs is 1. The van der Waals surface area contributed by atoms with Gasteiger partial charge in [-0.25, -0.2) is 15.0 Å². The maximum atomic E-state index is 12.6. The van der Waals surface area contributed by atoms with Crippen LogP contribution >= 0.6 is 46.7 Å². The van der Waals surface area contributed by atoms with Crippen molar-refractivity contribution >= 4 is 57.6 Å². The highest BCUT2D eigenvalue weighted by molar-refractivity contribution is 14.0. The zero-order valence-corrected chi connectivity index (χ0v) is 18.2. The average molecular weight is 530 g/mol. The van der Waals surface area contributed by atoms with Gasteiger partial charge in [-0.3, -0.25) is 4.40 Å². The minimum Gasteiger partial charge on any atom is -0.357 e. The summed E-state index contributed by atoms with van der Waals surface area (Å²) >= 11 is 2.57. The quantitative estimate of drug-likeness (QED) is 0.289. The number of aromatic nitrogens is 3. The first-order chi connectivity index (χ1) is 12.5. The molecule has 12 heteroatoms. The fourth-order valence-electron chi connectivity index (χ4n) is 2.20. The van der Waals surface area contributed by atoms with E-state index in [-0.39, 0.29) is 24.0 Å². The molecule has 0 saturated heterocycles. The molecule has 6 nitrogen and oxygen atoms in total. The predicted octanol–water partition coefficient (Wildman–Crippen LogP) is 3.79. The van der Waals surface area contributed by atoms with Crippen molar-refractivity contribution in [1.82, 2.24) is 25.0 Å². The second-order valence-electron chi connectivity index (χ2n) is 5.32. The summed E-state index contributed by atoms with van der Waals surface area (Å²) in [6, 6.07) is 0. The molecule has 0 saturated carbocycles. The predicted molar refractivity (Wildman–Crippen MR) is 112 cm³/mol. The van der Waals surface area contributed by atoms with Crippen LogP contribution in [-0.4, -0.2) is 33.4 Å². The Morgan fingerprint density at radius 3 is 2.74 bits per heavy atom. The van der Waals surface area contributed by atoms with Gasteiger partial charge in [0.2, 0.25) is 0 Å². The molecule has 3 aromatic rings. The van der Waals surface area contributed by atoms with Gasteiger partial charge in [0.25, 0.3) is 0 Å². The summed E-state index contributed by atoms with van der Waals surface area (Å²) in [6.45, 7) is 3.48. The molecule has 3 rings (SSSR count). The molecule has 0 amide bonds. The molecule has 27 heavy (non-hydrogen) atoms. The number of hydrogen-bond donors (Lipinski definition) is 2. The highest BCUT2D eigenvalue weighted by atomic mass is 127. The van der Waals surface area contributed by atoms with E-state index in [1.165, 1.54) is 0 Å². The topological polar surface area (TPSA) is 66.6 Å². The number of hydrogen-bond acceptors (Lipinski definition) is 5. The van der Waals surface area contributed by atoms with Gasteiger partial charge in [0.15, 0.2) is 16.6 Å². The lowest BCUT2D eigenvalue weighted by Gasteiger charge is -2.10. The number of imidazole rings is 1. The summed E-state index contributed by atoms with van der Waals surface area (Å²) in [6.07, 6.45) is -0.137. The van der Waals surface area contributed by atoms with Crippen LogP contribution in [0.2, 0.25) is 0 Å². The van der Waals surface area contributed by atoms with Crippen LogP contribution in [0.25, 0.3) is 4.96 Å². The molecule has 0 atom stereocenters. The van der Waals surface area contributed by atoms with Gasteiger partial charge in [-0.2, -0.15) is 13.2 Å². The van der Waals surface area contributed by atoms with Crippen molar-refractivity contribution in [2.75, 3.05) is 13.1 Å². The van der Waals surface area contributed by atoms with Crippen LogP contribution in [0.4, 0.5) is 13.2 Å². The Hall–Kier alpha value is -1.41. The lowest BCUT2D eigenvalue weighted by Crippen LogP contribution is -2.38. The van der Waals surface area contributed by atoms with E-state index >= 15 is 0 Å². The van der Waals surface area contributed by atoms with E-state index in [9.17, 15) is 13.2 Å².